The number of methoxy groups -OCH3 is 1. The number of aliphatic carboxylic acids is 1. The Morgan fingerprint density at radius 1 is 1.05 bits per heavy atom. The molecule has 0 aromatic carbocycles. The van der Waals surface area contributed by atoms with Gasteiger partial charge in [0.2, 0.25) is 5.91 Å². The zero-order valence-electron chi connectivity index (χ0n) is 11.5. The molecule has 5 nitrogen and oxygen atoms in total. The van der Waals surface area contributed by atoms with Gasteiger partial charge in [0.25, 0.3) is 0 Å². The monoisotopic (exact) mass is 269 g/mol. The van der Waals surface area contributed by atoms with E-state index in [2.05, 4.69) is 0 Å². The van der Waals surface area contributed by atoms with Gasteiger partial charge in [-0.2, -0.15) is 0 Å². The Balaban J connectivity index is 1.96. The van der Waals surface area contributed by atoms with Crippen molar-refractivity contribution < 1.29 is 19.4 Å². The van der Waals surface area contributed by atoms with Crippen molar-refractivity contribution in [3.05, 3.63) is 0 Å². The highest BCUT2D eigenvalue weighted by atomic mass is 16.5. The number of hydrogen-bond donors (Lipinski definition) is 1. The number of likely N-dealkylation sites (tertiary alicyclic amines) is 1. The van der Waals surface area contributed by atoms with E-state index in [1.54, 1.807) is 7.11 Å². The summed E-state index contributed by atoms with van der Waals surface area (Å²) in [5.41, 5.74) is 0. The highest BCUT2D eigenvalue weighted by molar-refractivity contribution is 5.85. The zero-order chi connectivity index (χ0) is 13.8. The summed E-state index contributed by atoms with van der Waals surface area (Å²) in [5, 5.41) is 9.25. The minimum Gasteiger partial charge on any atom is -0.481 e. The first-order chi connectivity index (χ1) is 9.13. The van der Waals surface area contributed by atoms with Crippen LogP contribution >= 0.6 is 0 Å². The lowest BCUT2D eigenvalue weighted by Gasteiger charge is -2.36. The summed E-state index contributed by atoms with van der Waals surface area (Å²) < 4.78 is 5.29. The predicted octanol–water partition coefficient (Wildman–Crippen LogP) is 1.51. The van der Waals surface area contributed by atoms with Gasteiger partial charge in [-0.05, 0) is 25.7 Å². The molecule has 1 saturated heterocycles. The SMILES string of the molecule is COC1CCN(C(=O)C2CCCCC2C(=O)O)CC1. The second-order valence-corrected chi connectivity index (χ2v) is 5.60. The largest absolute Gasteiger partial charge is 0.481 e. The molecule has 1 saturated carbocycles. The third-order valence-corrected chi connectivity index (χ3v) is 4.49. The maximum atomic E-state index is 12.5. The van der Waals surface area contributed by atoms with E-state index in [-0.39, 0.29) is 17.9 Å². The van der Waals surface area contributed by atoms with Crippen molar-refractivity contribution in [2.75, 3.05) is 20.2 Å². The van der Waals surface area contributed by atoms with Crippen LogP contribution in [-0.4, -0.2) is 48.2 Å². The Morgan fingerprint density at radius 3 is 2.16 bits per heavy atom. The van der Waals surface area contributed by atoms with Gasteiger partial charge in [0.05, 0.1) is 17.9 Å². The van der Waals surface area contributed by atoms with Crippen LogP contribution in [0.4, 0.5) is 0 Å². The third kappa shape index (κ3) is 3.26. The molecular weight excluding hydrogens is 246 g/mol. The molecule has 0 radical (unpaired) electrons. The third-order valence-electron chi connectivity index (χ3n) is 4.49. The van der Waals surface area contributed by atoms with Crippen molar-refractivity contribution in [2.24, 2.45) is 11.8 Å². The quantitative estimate of drug-likeness (QED) is 0.843. The summed E-state index contributed by atoms with van der Waals surface area (Å²) in [6.45, 7) is 1.39. The lowest BCUT2D eigenvalue weighted by atomic mass is 9.78. The van der Waals surface area contributed by atoms with Gasteiger partial charge in [0.1, 0.15) is 0 Å². The molecule has 1 aliphatic carbocycles. The number of carboxylic acid groups (broad SMARTS) is 1. The standard InChI is InChI=1S/C14H23NO4/c1-19-10-6-8-15(9-7-10)13(16)11-4-2-3-5-12(11)14(17)18/h10-12H,2-9H2,1H3,(H,17,18). The van der Waals surface area contributed by atoms with Crippen molar-refractivity contribution >= 4 is 11.9 Å². The Bertz CT molecular complexity index is 336. The van der Waals surface area contributed by atoms with E-state index < -0.39 is 11.9 Å². The fourth-order valence-electron chi connectivity index (χ4n) is 3.27. The summed E-state index contributed by atoms with van der Waals surface area (Å²) in [7, 11) is 1.70. The molecule has 2 aliphatic rings. The van der Waals surface area contributed by atoms with E-state index in [9.17, 15) is 14.7 Å². The van der Waals surface area contributed by atoms with Gasteiger partial charge in [-0.25, -0.2) is 0 Å². The predicted molar refractivity (Wildman–Crippen MR) is 69.7 cm³/mol. The summed E-state index contributed by atoms with van der Waals surface area (Å²) >= 11 is 0. The molecule has 2 atom stereocenters. The lowest BCUT2D eigenvalue weighted by Crippen LogP contribution is -2.46. The smallest absolute Gasteiger partial charge is 0.307 e. The number of rotatable bonds is 3. The second kappa shape index (κ2) is 6.37. The zero-order valence-corrected chi connectivity index (χ0v) is 11.5. The van der Waals surface area contributed by atoms with Gasteiger partial charge >= 0.3 is 5.97 Å². The molecule has 0 spiro atoms. The first kappa shape index (κ1) is 14.3. The van der Waals surface area contributed by atoms with Crippen molar-refractivity contribution in [3.8, 4) is 0 Å². The molecule has 0 bridgehead atoms. The number of ether oxygens (including phenoxy) is 1. The van der Waals surface area contributed by atoms with E-state index in [0.29, 0.717) is 19.5 Å². The average molecular weight is 269 g/mol. The number of carbonyl (C=O) groups is 2. The van der Waals surface area contributed by atoms with E-state index in [1.165, 1.54) is 0 Å². The molecule has 1 aliphatic heterocycles. The number of nitrogens with zero attached hydrogens (tertiary/aromatic N) is 1. The summed E-state index contributed by atoms with van der Waals surface area (Å²) in [4.78, 5) is 25.6. The Hall–Kier alpha value is -1.10. The van der Waals surface area contributed by atoms with E-state index in [4.69, 9.17) is 4.74 Å². The molecule has 1 heterocycles. The van der Waals surface area contributed by atoms with Crippen LogP contribution in [0.15, 0.2) is 0 Å². The van der Waals surface area contributed by atoms with Crippen LogP contribution in [0.3, 0.4) is 0 Å². The minimum absolute atomic E-state index is 0.0432. The molecule has 19 heavy (non-hydrogen) atoms. The van der Waals surface area contributed by atoms with Crippen molar-refractivity contribution in [1.29, 1.82) is 0 Å². The number of piperidine rings is 1. The van der Waals surface area contributed by atoms with Crippen molar-refractivity contribution in [2.45, 2.75) is 44.6 Å². The Labute approximate surface area is 113 Å². The molecule has 2 rings (SSSR count). The molecule has 108 valence electrons. The van der Waals surface area contributed by atoms with Crippen molar-refractivity contribution in [3.63, 3.8) is 0 Å². The molecule has 2 fully saturated rings. The Morgan fingerprint density at radius 2 is 1.63 bits per heavy atom. The van der Waals surface area contributed by atoms with Crippen LogP contribution in [0.25, 0.3) is 0 Å². The first-order valence-electron chi connectivity index (χ1n) is 7.18. The number of carbonyl (C=O) groups excluding carboxylic acids is 1. The maximum Gasteiger partial charge on any atom is 0.307 e. The van der Waals surface area contributed by atoms with Crippen LogP contribution in [0.1, 0.15) is 38.5 Å². The van der Waals surface area contributed by atoms with E-state index in [1.807, 2.05) is 4.90 Å². The van der Waals surface area contributed by atoms with Gasteiger partial charge < -0.3 is 14.7 Å². The van der Waals surface area contributed by atoms with Crippen LogP contribution in [-0.2, 0) is 14.3 Å². The molecular formula is C14H23NO4. The van der Waals surface area contributed by atoms with Crippen molar-refractivity contribution in [1.82, 2.24) is 4.90 Å². The highest BCUT2D eigenvalue weighted by Gasteiger charge is 2.38. The fourth-order valence-corrected chi connectivity index (χ4v) is 3.27. The summed E-state index contributed by atoms with van der Waals surface area (Å²) in [5.74, 6) is -1.57. The highest BCUT2D eigenvalue weighted by Crippen LogP contribution is 2.32. The molecule has 5 heteroatoms. The maximum absolute atomic E-state index is 12.5. The Kier molecular flexibility index (Phi) is 4.80. The second-order valence-electron chi connectivity index (χ2n) is 5.60. The first-order valence-corrected chi connectivity index (χ1v) is 7.18. The van der Waals surface area contributed by atoms with Crippen LogP contribution in [0.5, 0.6) is 0 Å². The van der Waals surface area contributed by atoms with Gasteiger partial charge in [-0.1, -0.05) is 12.8 Å². The molecule has 2 unspecified atom stereocenters. The average Bonchev–Trinajstić information content (AvgIpc) is 2.46. The van der Waals surface area contributed by atoms with Gasteiger partial charge in [-0.15, -0.1) is 0 Å². The van der Waals surface area contributed by atoms with Crippen LogP contribution < -0.4 is 0 Å². The van der Waals surface area contributed by atoms with Crippen LogP contribution in [0, 0.1) is 11.8 Å². The molecule has 0 aromatic heterocycles. The minimum atomic E-state index is -0.815. The van der Waals surface area contributed by atoms with Gasteiger partial charge in [0, 0.05) is 20.2 Å². The van der Waals surface area contributed by atoms with Gasteiger partial charge in [0.15, 0.2) is 0 Å². The lowest BCUT2D eigenvalue weighted by molar-refractivity contribution is -0.153. The number of amides is 1. The fraction of sp³-hybridized carbons (Fsp3) is 0.857. The molecule has 0 aromatic rings. The summed E-state index contributed by atoms with van der Waals surface area (Å²) in [6, 6.07) is 0. The van der Waals surface area contributed by atoms with E-state index >= 15 is 0 Å². The van der Waals surface area contributed by atoms with E-state index in [0.717, 1.165) is 32.1 Å². The topological polar surface area (TPSA) is 66.8 Å². The number of hydrogen-bond acceptors (Lipinski definition) is 3. The normalized spacial score (nSPS) is 29.2. The molecule has 1 amide bonds. The molecule has 1 N–H and O–H groups in total. The summed E-state index contributed by atoms with van der Waals surface area (Å²) in [6.07, 6.45) is 5.20. The number of carboxylic acids is 1. The van der Waals surface area contributed by atoms with Gasteiger partial charge in [-0.3, -0.25) is 9.59 Å². The van der Waals surface area contributed by atoms with Crippen LogP contribution in [0.2, 0.25) is 0 Å².